The molecule has 1 fully saturated rings. The molecule has 7 heteroatoms. The third-order valence-electron chi connectivity index (χ3n) is 3.65. The summed E-state index contributed by atoms with van der Waals surface area (Å²) in [7, 11) is -3.13. The van der Waals surface area contributed by atoms with Gasteiger partial charge in [0, 0.05) is 22.1 Å². The van der Waals surface area contributed by atoms with Crippen molar-refractivity contribution in [2.75, 3.05) is 12.0 Å². The normalized spacial score (nSPS) is 24.6. The Balaban J connectivity index is 2.31. The van der Waals surface area contributed by atoms with Crippen LogP contribution in [0.4, 0.5) is 0 Å². The molecule has 1 aromatic heterocycles. The molecule has 1 amide bonds. The summed E-state index contributed by atoms with van der Waals surface area (Å²) in [6.45, 7) is 5.77. The standard InChI is InChI=1S/C14H22N2O3S2/c1-5-11-14(17)16(9(2)8-21(4,18)19)13(15-11)12-7-6-10(3)20-12/h6-7,9,11,13,15H,5,8H2,1-4H3. The molecule has 0 spiro atoms. The Morgan fingerprint density at radius 3 is 2.57 bits per heavy atom. The van der Waals surface area contributed by atoms with Gasteiger partial charge in [-0.1, -0.05) is 6.92 Å². The van der Waals surface area contributed by atoms with Crippen LogP contribution in [-0.2, 0) is 14.6 Å². The van der Waals surface area contributed by atoms with E-state index in [2.05, 4.69) is 5.32 Å². The van der Waals surface area contributed by atoms with Crippen molar-refractivity contribution in [1.29, 1.82) is 0 Å². The molecule has 1 N–H and O–H groups in total. The Labute approximate surface area is 130 Å². The van der Waals surface area contributed by atoms with Crippen molar-refractivity contribution in [3.8, 4) is 0 Å². The molecule has 21 heavy (non-hydrogen) atoms. The van der Waals surface area contributed by atoms with Gasteiger partial charge in [0.2, 0.25) is 5.91 Å². The number of rotatable bonds is 5. The maximum absolute atomic E-state index is 12.5. The van der Waals surface area contributed by atoms with Crippen LogP contribution in [0.25, 0.3) is 0 Å². The molecule has 0 aliphatic carbocycles. The third-order valence-corrected chi connectivity index (χ3v) is 5.79. The number of aryl methyl sites for hydroxylation is 1. The highest BCUT2D eigenvalue weighted by molar-refractivity contribution is 7.90. The zero-order valence-corrected chi connectivity index (χ0v) is 14.4. The van der Waals surface area contributed by atoms with Gasteiger partial charge in [-0.2, -0.15) is 0 Å². The van der Waals surface area contributed by atoms with Gasteiger partial charge in [0.1, 0.15) is 16.0 Å². The van der Waals surface area contributed by atoms with E-state index in [1.807, 2.05) is 26.0 Å². The fourth-order valence-corrected chi connectivity index (χ4v) is 4.73. The average molecular weight is 330 g/mol. The summed E-state index contributed by atoms with van der Waals surface area (Å²) in [5.74, 6) is -0.0257. The van der Waals surface area contributed by atoms with Crippen molar-refractivity contribution < 1.29 is 13.2 Å². The Kier molecular flexibility index (Phi) is 4.75. The maximum atomic E-state index is 12.5. The van der Waals surface area contributed by atoms with E-state index in [4.69, 9.17) is 0 Å². The van der Waals surface area contributed by atoms with Gasteiger partial charge in [-0.05, 0) is 32.4 Å². The molecule has 5 nitrogen and oxygen atoms in total. The second-order valence-corrected chi connectivity index (χ2v) is 9.17. The summed E-state index contributed by atoms with van der Waals surface area (Å²) < 4.78 is 23.1. The molecule has 1 aliphatic rings. The zero-order chi connectivity index (χ0) is 15.8. The Morgan fingerprint density at radius 2 is 2.10 bits per heavy atom. The van der Waals surface area contributed by atoms with Crippen LogP contribution in [0.15, 0.2) is 12.1 Å². The van der Waals surface area contributed by atoms with Gasteiger partial charge in [0.15, 0.2) is 0 Å². The van der Waals surface area contributed by atoms with E-state index >= 15 is 0 Å². The van der Waals surface area contributed by atoms with Crippen LogP contribution >= 0.6 is 11.3 Å². The summed E-state index contributed by atoms with van der Waals surface area (Å²) in [5.41, 5.74) is 0. The molecule has 3 unspecified atom stereocenters. The summed E-state index contributed by atoms with van der Waals surface area (Å²) in [6.07, 6.45) is 1.68. The number of nitrogens with zero attached hydrogens (tertiary/aromatic N) is 1. The molecule has 2 rings (SSSR count). The van der Waals surface area contributed by atoms with Crippen LogP contribution in [0, 0.1) is 6.92 Å². The van der Waals surface area contributed by atoms with Crippen LogP contribution < -0.4 is 5.32 Å². The molecule has 0 bridgehead atoms. The van der Waals surface area contributed by atoms with Gasteiger partial charge in [-0.15, -0.1) is 11.3 Å². The van der Waals surface area contributed by atoms with E-state index in [-0.39, 0.29) is 29.9 Å². The van der Waals surface area contributed by atoms with E-state index in [1.165, 1.54) is 11.1 Å². The summed E-state index contributed by atoms with van der Waals surface area (Å²) in [4.78, 5) is 16.5. The highest BCUT2D eigenvalue weighted by Crippen LogP contribution is 2.32. The van der Waals surface area contributed by atoms with Crippen molar-refractivity contribution in [2.24, 2.45) is 0 Å². The van der Waals surface area contributed by atoms with Crippen molar-refractivity contribution in [1.82, 2.24) is 10.2 Å². The van der Waals surface area contributed by atoms with Crippen molar-refractivity contribution in [3.05, 3.63) is 21.9 Å². The quantitative estimate of drug-likeness (QED) is 0.892. The van der Waals surface area contributed by atoms with Crippen LogP contribution in [0.5, 0.6) is 0 Å². The van der Waals surface area contributed by atoms with Crippen LogP contribution in [0.2, 0.25) is 0 Å². The fraction of sp³-hybridized carbons (Fsp3) is 0.643. The first kappa shape index (κ1) is 16.5. The van der Waals surface area contributed by atoms with E-state index in [1.54, 1.807) is 23.2 Å². The number of hydrogen-bond donors (Lipinski definition) is 1. The minimum Gasteiger partial charge on any atom is -0.317 e. The fourth-order valence-electron chi connectivity index (χ4n) is 2.75. The molecule has 118 valence electrons. The minimum atomic E-state index is -3.13. The number of carbonyl (C=O) groups excluding carboxylic acids is 1. The van der Waals surface area contributed by atoms with Gasteiger partial charge < -0.3 is 4.90 Å². The number of sulfone groups is 1. The maximum Gasteiger partial charge on any atom is 0.241 e. The third kappa shape index (κ3) is 3.64. The lowest BCUT2D eigenvalue weighted by molar-refractivity contribution is -0.131. The van der Waals surface area contributed by atoms with Crippen molar-refractivity contribution >= 4 is 27.1 Å². The molecule has 1 saturated heterocycles. The van der Waals surface area contributed by atoms with E-state index in [9.17, 15) is 13.2 Å². The van der Waals surface area contributed by atoms with E-state index in [0.717, 1.165) is 4.88 Å². The first-order valence-corrected chi connectivity index (χ1v) is 9.93. The first-order chi connectivity index (χ1) is 9.73. The van der Waals surface area contributed by atoms with E-state index in [0.29, 0.717) is 6.42 Å². The molecular formula is C14H22N2O3S2. The second kappa shape index (κ2) is 6.06. The predicted octanol–water partition coefficient (Wildman–Crippen LogP) is 1.70. The minimum absolute atomic E-state index is 0.00953. The number of amides is 1. The second-order valence-electron chi connectivity index (χ2n) is 5.67. The number of carbonyl (C=O) groups is 1. The SMILES string of the molecule is CCC1NC(c2ccc(C)s2)N(C(C)CS(C)(=O)=O)C1=O. The van der Waals surface area contributed by atoms with Gasteiger partial charge in [0.25, 0.3) is 0 Å². The lowest BCUT2D eigenvalue weighted by Gasteiger charge is -2.29. The van der Waals surface area contributed by atoms with E-state index < -0.39 is 9.84 Å². The number of thiophene rings is 1. The van der Waals surface area contributed by atoms with Crippen LogP contribution in [0.3, 0.4) is 0 Å². The van der Waals surface area contributed by atoms with Gasteiger partial charge in [-0.25, -0.2) is 8.42 Å². The molecular weight excluding hydrogens is 308 g/mol. The average Bonchev–Trinajstić information content (AvgIpc) is 2.90. The molecule has 3 atom stereocenters. The Hall–Kier alpha value is -0.920. The molecule has 0 saturated carbocycles. The molecule has 2 heterocycles. The number of nitrogens with one attached hydrogen (secondary N) is 1. The van der Waals surface area contributed by atoms with Gasteiger partial charge in [0.05, 0.1) is 11.8 Å². The largest absolute Gasteiger partial charge is 0.317 e. The van der Waals surface area contributed by atoms with Gasteiger partial charge in [-0.3, -0.25) is 10.1 Å². The molecule has 1 aliphatic heterocycles. The zero-order valence-electron chi connectivity index (χ0n) is 12.8. The first-order valence-electron chi connectivity index (χ1n) is 7.05. The summed E-state index contributed by atoms with van der Waals surface area (Å²) >= 11 is 1.63. The molecule has 0 radical (unpaired) electrons. The monoisotopic (exact) mass is 330 g/mol. The number of hydrogen-bond acceptors (Lipinski definition) is 5. The summed E-state index contributed by atoms with van der Waals surface area (Å²) in [5, 5.41) is 3.33. The highest BCUT2D eigenvalue weighted by Gasteiger charge is 2.42. The topological polar surface area (TPSA) is 66.5 Å². The summed E-state index contributed by atoms with van der Waals surface area (Å²) in [6, 6.07) is 3.44. The van der Waals surface area contributed by atoms with Crippen LogP contribution in [-0.4, -0.2) is 43.3 Å². The molecule has 1 aromatic rings. The lowest BCUT2D eigenvalue weighted by atomic mass is 10.2. The predicted molar refractivity (Wildman–Crippen MR) is 85.0 cm³/mol. The smallest absolute Gasteiger partial charge is 0.241 e. The van der Waals surface area contributed by atoms with Crippen molar-refractivity contribution in [3.63, 3.8) is 0 Å². The highest BCUT2D eigenvalue weighted by atomic mass is 32.2. The molecule has 0 aromatic carbocycles. The van der Waals surface area contributed by atoms with Crippen molar-refractivity contribution in [2.45, 2.75) is 45.4 Å². The lowest BCUT2D eigenvalue weighted by Crippen LogP contribution is -2.41. The van der Waals surface area contributed by atoms with Crippen LogP contribution in [0.1, 0.15) is 36.2 Å². The Morgan fingerprint density at radius 1 is 1.43 bits per heavy atom. The Bertz CT molecular complexity index is 624. The van der Waals surface area contributed by atoms with Gasteiger partial charge >= 0.3 is 0 Å².